The zero-order chi connectivity index (χ0) is 15.7. The number of nitrogens with zero attached hydrogens (tertiary/aromatic N) is 1. The predicted molar refractivity (Wildman–Crippen MR) is 76.2 cm³/mol. The van der Waals surface area contributed by atoms with Crippen LogP contribution in [0.3, 0.4) is 0 Å². The van der Waals surface area contributed by atoms with Crippen LogP contribution in [-0.2, 0) is 9.59 Å². The smallest absolute Gasteiger partial charge is 0.309 e. The monoisotopic (exact) mass is 293 g/mol. The van der Waals surface area contributed by atoms with Crippen LogP contribution in [0.4, 0.5) is 4.39 Å². The van der Waals surface area contributed by atoms with Crippen molar-refractivity contribution in [2.75, 3.05) is 6.54 Å². The molecule has 1 saturated heterocycles. The highest BCUT2D eigenvalue weighted by Gasteiger charge is 2.45. The van der Waals surface area contributed by atoms with Crippen LogP contribution >= 0.6 is 0 Å². The molecule has 2 atom stereocenters. The van der Waals surface area contributed by atoms with Crippen molar-refractivity contribution in [3.8, 4) is 0 Å². The lowest BCUT2D eigenvalue weighted by Crippen LogP contribution is -2.34. The van der Waals surface area contributed by atoms with Gasteiger partial charge in [0, 0.05) is 18.5 Å². The summed E-state index contributed by atoms with van der Waals surface area (Å²) >= 11 is 0. The van der Waals surface area contributed by atoms with Crippen LogP contribution in [0.1, 0.15) is 37.4 Å². The first-order valence-electron chi connectivity index (χ1n) is 7.09. The molecule has 4 nitrogen and oxygen atoms in total. The quantitative estimate of drug-likeness (QED) is 0.928. The number of hydrogen-bond acceptors (Lipinski definition) is 2. The van der Waals surface area contributed by atoms with E-state index >= 15 is 0 Å². The molecule has 1 aromatic carbocycles. The summed E-state index contributed by atoms with van der Waals surface area (Å²) < 4.78 is 14.2. The topological polar surface area (TPSA) is 57.6 Å². The van der Waals surface area contributed by atoms with E-state index in [4.69, 9.17) is 0 Å². The van der Waals surface area contributed by atoms with Gasteiger partial charge < -0.3 is 10.0 Å². The molecule has 1 amide bonds. The number of hydrogen-bond donors (Lipinski definition) is 1. The third-order valence-electron chi connectivity index (χ3n) is 3.78. The van der Waals surface area contributed by atoms with Crippen LogP contribution in [-0.4, -0.2) is 28.4 Å². The number of carboxylic acids is 1. The van der Waals surface area contributed by atoms with E-state index in [1.54, 1.807) is 12.1 Å². The molecule has 0 bridgehead atoms. The van der Waals surface area contributed by atoms with Crippen molar-refractivity contribution in [1.82, 2.24) is 4.90 Å². The fraction of sp³-hybridized carbons (Fsp3) is 0.500. The van der Waals surface area contributed by atoms with Crippen LogP contribution in [0, 0.1) is 24.6 Å². The van der Waals surface area contributed by atoms with Gasteiger partial charge in [0.1, 0.15) is 5.82 Å². The Morgan fingerprint density at radius 3 is 2.71 bits per heavy atom. The highest BCUT2D eigenvalue weighted by molar-refractivity contribution is 5.87. The summed E-state index contributed by atoms with van der Waals surface area (Å²) in [7, 11) is 0. The van der Waals surface area contributed by atoms with Gasteiger partial charge in [0.2, 0.25) is 5.91 Å². The van der Waals surface area contributed by atoms with Gasteiger partial charge in [0.15, 0.2) is 0 Å². The minimum absolute atomic E-state index is 0.0693. The Morgan fingerprint density at radius 1 is 1.48 bits per heavy atom. The Morgan fingerprint density at radius 2 is 2.14 bits per heavy atom. The second kappa shape index (κ2) is 5.84. The summed E-state index contributed by atoms with van der Waals surface area (Å²) in [6.45, 7) is 6.15. The number of likely N-dealkylation sites (tertiary alicyclic amines) is 1. The van der Waals surface area contributed by atoms with Crippen molar-refractivity contribution in [3.63, 3.8) is 0 Å². The predicted octanol–water partition coefficient (Wildman–Crippen LogP) is 2.76. The molecule has 2 unspecified atom stereocenters. The maximum Gasteiger partial charge on any atom is 0.309 e. The average Bonchev–Trinajstić information content (AvgIpc) is 2.70. The summed E-state index contributed by atoms with van der Waals surface area (Å²) in [6, 6.07) is 3.89. The first kappa shape index (κ1) is 15.5. The molecular weight excluding hydrogens is 273 g/mol. The molecular formula is C16H20FNO3. The molecule has 0 spiro atoms. The molecule has 1 aliphatic heterocycles. The number of amides is 1. The molecule has 21 heavy (non-hydrogen) atoms. The molecule has 1 aliphatic rings. The van der Waals surface area contributed by atoms with E-state index in [9.17, 15) is 19.1 Å². The van der Waals surface area contributed by atoms with Crippen molar-refractivity contribution in [3.05, 3.63) is 35.1 Å². The molecule has 1 N–H and O–H groups in total. The average molecular weight is 293 g/mol. The summed E-state index contributed by atoms with van der Waals surface area (Å²) in [5.74, 6) is -2.44. The zero-order valence-electron chi connectivity index (χ0n) is 12.5. The molecule has 0 aliphatic carbocycles. The van der Waals surface area contributed by atoms with E-state index < -0.39 is 23.7 Å². The number of aliphatic carboxylic acids is 1. The van der Waals surface area contributed by atoms with Crippen molar-refractivity contribution in [2.24, 2.45) is 11.8 Å². The van der Waals surface area contributed by atoms with E-state index in [1.807, 2.05) is 20.8 Å². The van der Waals surface area contributed by atoms with Gasteiger partial charge >= 0.3 is 5.97 Å². The van der Waals surface area contributed by atoms with Crippen LogP contribution in [0.15, 0.2) is 18.2 Å². The number of aryl methyl sites for hydroxylation is 1. The molecule has 5 heteroatoms. The largest absolute Gasteiger partial charge is 0.481 e. The van der Waals surface area contributed by atoms with Crippen molar-refractivity contribution < 1.29 is 19.1 Å². The summed E-state index contributed by atoms with van der Waals surface area (Å²) in [4.78, 5) is 25.1. The van der Waals surface area contributed by atoms with Crippen LogP contribution in [0.5, 0.6) is 0 Å². The summed E-state index contributed by atoms with van der Waals surface area (Å²) in [5.41, 5.74) is 1.15. The minimum atomic E-state index is -1.06. The molecule has 1 fully saturated rings. The summed E-state index contributed by atoms with van der Waals surface area (Å²) in [5, 5.41) is 9.37. The fourth-order valence-electron chi connectivity index (χ4n) is 2.89. The van der Waals surface area contributed by atoms with Gasteiger partial charge in [-0.2, -0.15) is 0 Å². The van der Waals surface area contributed by atoms with Crippen molar-refractivity contribution >= 4 is 11.9 Å². The van der Waals surface area contributed by atoms with Crippen LogP contribution in [0.2, 0.25) is 0 Å². The Hall–Kier alpha value is -1.91. The van der Waals surface area contributed by atoms with Crippen LogP contribution < -0.4 is 0 Å². The number of carbonyl (C=O) groups is 2. The summed E-state index contributed by atoms with van der Waals surface area (Å²) in [6.07, 6.45) is -0.0693. The van der Waals surface area contributed by atoms with E-state index in [-0.39, 0.29) is 18.2 Å². The number of halogens is 1. The normalized spacial score (nSPS) is 22.1. The van der Waals surface area contributed by atoms with E-state index in [0.717, 1.165) is 5.56 Å². The first-order chi connectivity index (χ1) is 9.81. The molecule has 1 aromatic rings. The van der Waals surface area contributed by atoms with Crippen molar-refractivity contribution in [2.45, 2.75) is 33.2 Å². The fourth-order valence-corrected chi connectivity index (χ4v) is 2.89. The van der Waals surface area contributed by atoms with E-state index in [1.165, 1.54) is 11.0 Å². The SMILES string of the molecule is Cc1ccc(F)c(C2C(C(=O)O)CC(=O)N2CC(C)C)c1. The van der Waals surface area contributed by atoms with Crippen LogP contribution in [0.25, 0.3) is 0 Å². The molecule has 0 saturated carbocycles. The van der Waals surface area contributed by atoms with E-state index in [2.05, 4.69) is 0 Å². The number of carboxylic acid groups (broad SMARTS) is 1. The Kier molecular flexibility index (Phi) is 4.30. The maximum atomic E-state index is 14.2. The molecule has 1 heterocycles. The number of rotatable bonds is 4. The number of carbonyl (C=O) groups excluding carboxylic acids is 1. The van der Waals surface area contributed by atoms with E-state index in [0.29, 0.717) is 12.1 Å². The molecule has 0 radical (unpaired) electrons. The lowest BCUT2D eigenvalue weighted by atomic mass is 9.92. The number of benzene rings is 1. The first-order valence-corrected chi connectivity index (χ1v) is 7.09. The lowest BCUT2D eigenvalue weighted by molar-refractivity contribution is -0.142. The maximum absolute atomic E-state index is 14.2. The Labute approximate surface area is 123 Å². The van der Waals surface area contributed by atoms with Gasteiger partial charge in [0.05, 0.1) is 12.0 Å². The van der Waals surface area contributed by atoms with Gasteiger partial charge in [0.25, 0.3) is 0 Å². The molecule has 114 valence electrons. The highest BCUT2D eigenvalue weighted by Crippen LogP contribution is 2.40. The zero-order valence-corrected chi connectivity index (χ0v) is 12.5. The third-order valence-corrected chi connectivity index (χ3v) is 3.78. The molecule has 0 aromatic heterocycles. The van der Waals surface area contributed by atoms with Gasteiger partial charge in [-0.05, 0) is 18.9 Å². The molecule has 2 rings (SSSR count). The Bertz CT molecular complexity index is 571. The third kappa shape index (κ3) is 3.06. The Balaban J connectivity index is 2.48. The van der Waals surface area contributed by atoms with Gasteiger partial charge in [-0.15, -0.1) is 0 Å². The second-order valence-electron chi connectivity index (χ2n) is 6.06. The van der Waals surface area contributed by atoms with Gasteiger partial charge in [-0.25, -0.2) is 4.39 Å². The van der Waals surface area contributed by atoms with Crippen molar-refractivity contribution in [1.29, 1.82) is 0 Å². The van der Waals surface area contributed by atoms with Gasteiger partial charge in [-0.3, -0.25) is 9.59 Å². The lowest BCUT2D eigenvalue weighted by Gasteiger charge is -2.29. The minimum Gasteiger partial charge on any atom is -0.481 e. The highest BCUT2D eigenvalue weighted by atomic mass is 19.1. The standard InChI is InChI=1S/C16H20FNO3/c1-9(2)8-18-14(19)7-12(16(20)21)15(18)11-6-10(3)4-5-13(11)17/h4-6,9,12,15H,7-8H2,1-3H3,(H,20,21). The van der Waals surface area contributed by atoms with Gasteiger partial charge in [-0.1, -0.05) is 31.5 Å². The second-order valence-corrected chi connectivity index (χ2v) is 6.06.